The van der Waals surface area contributed by atoms with Crippen LogP contribution in [0.5, 0.6) is 0 Å². The molecule has 110 valence electrons. The van der Waals surface area contributed by atoms with Crippen LogP contribution in [0, 0.1) is 5.92 Å². The number of nitrogens with zero attached hydrogens (tertiary/aromatic N) is 1. The average molecular weight is 274 g/mol. The van der Waals surface area contributed by atoms with Crippen LogP contribution in [-0.4, -0.2) is 29.9 Å². The van der Waals surface area contributed by atoms with Crippen molar-refractivity contribution < 1.29 is 4.79 Å². The molecule has 0 aromatic heterocycles. The third-order valence-corrected chi connectivity index (χ3v) is 4.24. The molecule has 0 aliphatic carbocycles. The monoisotopic (exact) mass is 274 g/mol. The summed E-state index contributed by atoms with van der Waals surface area (Å²) in [6.45, 7) is 3.99. The van der Waals surface area contributed by atoms with Crippen molar-refractivity contribution in [3.8, 4) is 0 Å². The number of amides is 1. The fourth-order valence-electron chi connectivity index (χ4n) is 3.04. The maximum Gasteiger partial charge on any atom is 0.239 e. The summed E-state index contributed by atoms with van der Waals surface area (Å²) in [7, 11) is 0. The van der Waals surface area contributed by atoms with Crippen LogP contribution in [0.4, 0.5) is 0 Å². The number of benzene rings is 1. The van der Waals surface area contributed by atoms with Crippen molar-refractivity contribution in [3.05, 3.63) is 35.9 Å². The van der Waals surface area contributed by atoms with Crippen LogP contribution < -0.4 is 5.73 Å². The summed E-state index contributed by atoms with van der Waals surface area (Å²) in [4.78, 5) is 14.3. The molecule has 0 unspecified atom stereocenters. The third kappa shape index (κ3) is 4.07. The van der Waals surface area contributed by atoms with Gasteiger partial charge in [-0.25, -0.2) is 0 Å². The summed E-state index contributed by atoms with van der Waals surface area (Å²) in [5, 5.41) is 0. The highest BCUT2D eigenvalue weighted by atomic mass is 16.2. The molecule has 0 bridgehead atoms. The lowest BCUT2D eigenvalue weighted by Gasteiger charge is -2.33. The molecule has 1 aromatic rings. The number of likely N-dealkylation sites (tertiary alicyclic amines) is 1. The highest BCUT2D eigenvalue weighted by Gasteiger charge is 2.25. The number of carbonyl (C=O) groups excluding carboxylic acids is 1. The van der Waals surface area contributed by atoms with Gasteiger partial charge in [0.05, 0.1) is 6.04 Å². The molecule has 1 fully saturated rings. The standard InChI is InChI=1S/C17H26N2O/c1-2-6-14-9-11-19(12-10-14)17(20)16(18)13-15-7-4-3-5-8-15/h3-5,7-8,14,16H,2,6,9-13,18H2,1H3/t16-/m0/s1. The average Bonchev–Trinajstić information content (AvgIpc) is 2.48. The lowest BCUT2D eigenvalue weighted by Crippen LogP contribution is -2.48. The zero-order valence-electron chi connectivity index (χ0n) is 12.4. The summed E-state index contributed by atoms with van der Waals surface area (Å²) in [6, 6.07) is 9.61. The van der Waals surface area contributed by atoms with E-state index < -0.39 is 6.04 Å². The van der Waals surface area contributed by atoms with E-state index in [1.54, 1.807) is 0 Å². The van der Waals surface area contributed by atoms with Crippen molar-refractivity contribution in [2.75, 3.05) is 13.1 Å². The molecule has 0 spiro atoms. The first-order valence-electron chi connectivity index (χ1n) is 7.79. The first-order chi connectivity index (χ1) is 9.70. The van der Waals surface area contributed by atoms with Crippen molar-refractivity contribution >= 4 is 5.91 Å². The van der Waals surface area contributed by atoms with Crippen LogP contribution in [0.25, 0.3) is 0 Å². The maximum atomic E-state index is 12.4. The van der Waals surface area contributed by atoms with Crippen molar-refractivity contribution in [3.63, 3.8) is 0 Å². The number of nitrogens with two attached hydrogens (primary N) is 1. The largest absolute Gasteiger partial charge is 0.341 e. The molecule has 3 heteroatoms. The van der Waals surface area contributed by atoms with Gasteiger partial charge in [-0.3, -0.25) is 4.79 Å². The SMILES string of the molecule is CCCC1CCN(C(=O)[C@@H](N)Cc2ccccc2)CC1. The van der Waals surface area contributed by atoms with Gasteiger partial charge < -0.3 is 10.6 Å². The second kappa shape index (κ2) is 7.44. The van der Waals surface area contributed by atoms with Crippen molar-refractivity contribution in [2.45, 2.75) is 45.1 Å². The summed E-state index contributed by atoms with van der Waals surface area (Å²) < 4.78 is 0. The molecule has 3 nitrogen and oxygen atoms in total. The van der Waals surface area contributed by atoms with Crippen LogP contribution in [0.2, 0.25) is 0 Å². The van der Waals surface area contributed by atoms with E-state index in [4.69, 9.17) is 5.73 Å². The molecule has 1 aromatic carbocycles. The van der Waals surface area contributed by atoms with Gasteiger partial charge in [0.15, 0.2) is 0 Å². The van der Waals surface area contributed by atoms with Gasteiger partial charge >= 0.3 is 0 Å². The lowest BCUT2D eigenvalue weighted by molar-refractivity contribution is -0.134. The predicted octanol–water partition coefficient (Wildman–Crippen LogP) is 2.60. The van der Waals surface area contributed by atoms with Crippen LogP contribution in [0.1, 0.15) is 38.2 Å². The molecule has 2 N–H and O–H groups in total. The minimum Gasteiger partial charge on any atom is -0.341 e. The Morgan fingerprint density at radius 1 is 1.30 bits per heavy atom. The Labute approximate surface area is 122 Å². The summed E-state index contributed by atoms with van der Waals surface area (Å²) in [5.74, 6) is 0.915. The zero-order valence-corrected chi connectivity index (χ0v) is 12.4. The van der Waals surface area contributed by atoms with Gasteiger partial charge in [-0.1, -0.05) is 50.1 Å². The van der Waals surface area contributed by atoms with Gasteiger partial charge in [-0.05, 0) is 30.7 Å². The molecular formula is C17H26N2O. The maximum absolute atomic E-state index is 12.4. The van der Waals surface area contributed by atoms with E-state index in [1.807, 2.05) is 35.2 Å². The third-order valence-electron chi connectivity index (χ3n) is 4.24. The molecule has 1 amide bonds. The molecule has 20 heavy (non-hydrogen) atoms. The first kappa shape index (κ1) is 15.0. The minimum atomic E-state index is -0.403. The van der Waals surface area contributed by atoms with E-state index in [2.05, 4.69) is 6.92 Å². The molecule has 1 heterocycles. The molecule has 2 rings (SSSR count). The van der Waals surface area contributed by atoms with Gasteiger partial charge in [-0.15, -0.1) is 0 Å². The Balaban J connectivity index is 1.82. The Morgan fingerprint density at radius 3 is 2.55 bits per heavy atom. The van der Waals surface area contributed by atoms with Crippen molar-refractivity contribution in [1.29, 1.82) is 0 Å². The normalized spacial score (nSPS) is 18.0. The second-order valence-corrected chi connectivity index (χ2v) is 5.85. The zero-order chi connectivity index (χ0) is 14.4. The summed E-state index contributed by atoms with van der Waals surface area (Å²) in [6.07, 6.45) is 5.44. The summed E-state index contributed by atoms with van der Waals surface area (Å²) >= 11 is 0. The van der Waals surface area contributed by atoms with Crippen LogP contribution >= 0.6 is 0 Å². The van der Waals surface area contributed by atoms with Crippen LogP contribution in [-0.2, 0) is 11.2 Å². The fourth-order valence-corrected chi connectivity index (χ4v) is 3.04. The van der Waals surface area contributed by atoms with E-state index in [1.165, 1.54) is 12.8 Å². The highest BCUT2D eigenvalue weighted by Crippen LogP contribution is 2.22. The number of hydrogen-bond donors (Lipinski definition) is 1. The van der Waals surface area contributed by atoms with Crippen LogP contribution in [0.3, 0.4) is 0 Å². The smallest absolute Gasteiger partial charge is 0.239 e. The topological polar surface area (TPSA) is 46.3 Å². The Hall–Kier alpha value is -1.35. The quantitative estimate of drug-likeness (QED) is 0.897. The van der Waals surface area contributed by atoms with Crippen molar-refractivity contribution in [1.82, 2.24) is 4.90 Å². The Kier molecular flexibility index (Phi) is 5.60. The van der Waals surface area contributed by atoms with Gasteiger partial charge in [-0.2, -0.15) is 0 Å². The number of rotatable bonds is 5. The molecule has 1 atom stereocenters. The number of hydrogen-bond acceptors (Lipinski definition) is 2. The van der Waals surface area contributed by atoms with E-state index >= 15 is 0 Å². The molecule has 1 aliphatic heterocycles. The molecule has 0 saturated carbocycles. The Morgan fingerprint density at radius 2 is 1.95 bits per heavy atom. The van der Waals surface area contributed by atoms with Crippen LogP contribution in [0.15, 0.2) is 30.3 Å². The fraction of sp³-hybridized carbons (Fsp3) is 0.588. The molecule has 1 saturated heterocycles. The van der Waals surface area contributed by atoms with Gasteiger partial charge in [0.25, 0.3) is 0 Å². The van der Waals surface area contributed by atoms with Gasteiger partial charge in [0.2, 0.25) is 5.91 Å². The second-order valence-electron chi connectivity index (χ2n) is 5.85. The molecule has 0 radical (unpaired) electrons. The Bertz CT molecular complexity index is 410. The lowest BCUT2D eigenvalue weighted by atomic mass is 9.92. The van der Waals surface area contributed by atoms with Crippen molar-refractivity contribution in [2.24, 2.45) is 11.7 Å². The van der Waals surface area contributed by atoms with Gasteiger partial charge in [0, 0.05) is 13.1 Å². The van der Waals surface area contributed by atoms with E-state index in [9.17, 15) is 4.79 Å². The molecular weight excluding hydrogens is 248 g/mol. The van der Waals surface area contributed by atoms with E-state index in [-0.39, 0.29) is 5.91 Å². The van der Waals surface area contributed by atoms with E-state index in [0.29, 0.717) is 6.42 Å². The van der Waals surface area contributed by atoms with E-state index in [0.717, 1.165) is 37.4 Å². The predicted molar refractivity (Wildman–Crippen MR) is 82.3 cm³/mol. The van der Waals surface area contributed by atoms with Gasteiger partial charge in [0.1, 0.15) is 0 Å². The number of carbonyl (C=O) groups is 1. The molecule has 1 aliphatic rings. The first-order valence-corrected chi connectivity index (χ1v) is 7.79. The number of piperidine rings is 1. The summed E-state index contributed by atoms with van der Waals surface area (Å²) in [5.41, 5.74) is 7.22. The highest BCUT2D eigenvalue weighted by molar-refractivity contribution is 5.82. The minimum absolute atomic E-state index is 0.115.